The number of alkyl halides is 1. The summed E-state index contributed by atoms with van der Waals surface area (Å²) in [6.45, 7) is 3.13. The molecular weight excluding hydrogens is 282 g/mol. The van der Waals surface area contributed by atoms with Crippen LogP contribution < -0.4 is 0 Å². The minimum atomic E-state index is -2.36. The summed E-state index contributed by atoms with van der Waals surface area (Å²) in [5, 5.41) is 0.361. The van der Waals surface area contributed by atoms with Gasteiger partial charge in [-0.05, 0) is 32.0 Å². The van der Waals surface area contributed by atoms with Crippen molar-refractivity contribution in [1.29, 1.82) is 0 Å². The Morgan fingerprint density at radius 3 is 2.33 bits per heavy atom. The van der Waals surface area contributed by atoms with E-state index in [2.05, 4.69) is 4.74 Å². The normalized spacial score (nSPS) is 12.3. The van der Waals surface area contributed by atoms with Crippen molar-refractivity contribution in [1.82, 2.24) is 0 Å². The summed E-state index contributed by atoms with van der Waals surface area (Å²) in [7, 11) is 0. The van der Waals surface area contributed by atoms with E-state index in [0.29, 0.717) is 0 Å². The summed E-state index contributed by atoms with van der Waals surface area (Å²) in [4.78, 5) is 22.9. The number of hydrogen-bond donors (Lipinski definition) is 0. The van der Waals surface area contributed by atoms with Gasteiger partial charge in [-0.15, -0.1) is 0 Å². The minimum Gasteiger partial charge on any atom is -0.460 e. The second kappa shape index (κ2) is 6.16. The molecule has 0 heterocycles. The molecule has 0 saturated heterocycles. The molecule has 0 aliphatic rings. The van der Waals surface area contributed by atoms with Crippen LogP contribution in [-0.2, 0) is 9.53 Å². The Balaban J connectivity index is 2.86. The van der Waals surface area contributed by atoms with Gasteiger partial charge in [0, 0.05) is 5.56 Å². The van der Waals surface area contributed by atoms with E-state index in [0.717, 1.165) is 0 Å². The van der Waals surface area contributed by atoms with Crippen molar-refractivity contribution in [3.8, 4) is 0 Å². The molecule has 0 amide bonds. The lowest BCUT2D eigenvalue weighted by atomic mass is 10.1. The smallest absolute Gasteiger partial charge is 0.349 e. The number of esters is 1. The quantitative estimate of drug-likeness (QED) is 0.485. The lowest BCUT2D eigenvalue weighted by Gasteiger charge is -2.11. The first kappa shape index (κ1) is 14.9. The first-order chi connectivity index (χ1) is 8.32. The van der Waals surface area contributed by atoms with E-state index in [-0.39, 0.29) is 15.6 Å². The maximum atomic E-state index is 13.6. The lowest BCUT2D eigenvalue weighted by Crippen LogP contribution is -2.29. The average Bonchev–Trinajstić information content (AvgIpc) is 2.30. The Kier molecular flexibility index (Phi) is 5.11. The van der Waals surface area contributed by atoms with Gasteiger partial charge in [0.1, 0.15) is 0 Å². The van der Waals surface area contributed by atoms with Crippen LogP contribution in [0.25, 0.3) is 0 Å². The summed E-state index contributed by atoms with van der Waals surface area (Å²) in [5.74, 6) is -2.21. The highest BCUT2D eigenvalue weighted by Gasteiger charge is 2.29. The number of ether oxygens (including phenoxy) is 1. The zero-order valence-electron chi connectivity index (χ0n) is 9.75. The molecule has 3 nitrogen and oxygen atoms in total. The van der Waals surface area contributed by atoms with Gasteiger partial charge in [-0.1, -0.05) is 23.2 Å². The number of Topliss-reactive ketones (excluding diaryl/α,β-unsaturated/α-hetero) is 1. The fourth-order valence-electron chi connectivity index (χ4n) is 1.19. The largest absolute Gasteiger partial charge is 0.460 e. The number of carbonyl (C=O) groups is 2. The Morgan fingerprint density at radius 2 is 1.83 bits per heavy atom. The second-order valence-corrected chi connectivity index (χ2v) is 4.66. The summed E-state index contributed by atoms with van der Waals surface area (Å²) in [5.41, 5.74) is -0.0300. The van der Waals surface area contributed by atoms with Gasteiger partial charge in [0.25, 0.3) is 6.17 Å². The molecular formula is C12H11Cl2FO3. The molecule has 0 aliphatic heterocycles. The molecule has 0 fully saturated rings. The van der Waals surface area contributed by atoms with Crippen molar-refractivity contribution < 1.29 is 18.7 Å². The molecule has 1 unspecified atom stereocenters. The maximum Gasteiger partial charge on any atom is 0.349 e. The fourth-order valence-corrected chi connectivity index (χ4v) is 1.49. The van der Waals surface area contributed by atoms with Crippen molar-refractivity contribution >= 4 is 35.0 Å². The Hall–Kier alpha value is -1.13. The van der Waals surface area contributed by atoms with E-state index in [9.17, 15) is 14.0 Å². The Labute approximate surface area is 114 Å². The monoisotopic (exact) mass is 292 g/mol. The van der Waals surface area contributed by atoms with E-state index >= 15 is 0 Å². The predicted molar refractivity (Wildman–Crippen MR) is 66.9 cm³/mol. The van der Waals surface area contributed by atoms with Crippen LogP contribution in [0.2, 0.25) is 10.0 Å². The zero-order chi connectivity index (χ0) is 13.9. The molecule has 0 N–H and O–H groups in total. The van der Waals surface area contributed by atoms with Crippen LogP contribution in [0.1, 0.15) is 24.2 Å². The Bertz CT molecular complexity index is 474. The summed E-state index contributed by atoms with van der Waals surface area (Å²) < 4.78 is 18.2. The third-order valence-corrected chi connectivity index (χ3v) is 2.73. The van der Waals surface area contributed by atoms with Gasteiger partial charge in [0.05, 0.1) is 16.1 Å². The van der Waals surface area contributed by atoms with Crippen LogP contribution in [0.15, 0.2) is 18.2 Å². The first-order valence-electron chi connectivity index (χ1n) is 5.16. The third kappa shape index (κ3) is 3.68. The Morgan fingerprint density at radius 1 is 1.22 bits per heavy atom. The number of hydrogen-bond acceptors (Lipinski definition) is 3. The van der Waals surface area contributed by atoms with Crippen LogP contribution in [0.4, 0.5) is 4.39 Å². The number of ketones is 1. The number of benzene rings is 1. The van der Waals surface area contributed by atoms with E-state index in [1.54, 1.807) is 13.8 Å². The highest BCUT2D eigenvalue weighted by Crippen LogP contribution is 2.23. The van der Waals surface area contributed by atoms with Crippen molar-refractivity contribution in [2.45, 2.75) is 26.1 Å². The molecule has 0 radical (unpaired) electrons. The molecule has 1 rings (SSSR count). The summed E-state index contributed by atoms with van der Waals surface area (Å²) in [6.07, 6.45) is -2.85. The van der Waals surface area contributed by atoms with Crippen LogP contribution in [0, 0.1) is 0 Å². The molecule has 98 valence electrons. The van der Waals surface area contributed by atoms with Crippen molar-refractivity contribution in [2.24, 2.45) is 0 Å². The first-order valence-corrected chi connectivity index (χ1v) is 5.92. The molecule has 6 heteroatoms. The van der Waals surface area contributed by atoms with Gasteiger partial charge in [-0.2, -0.15) is 0 Å². The van der Waals surface area contributed by atoms with E-state index in [1.807, 2.05) is 0 Å². The second-order valence-electron chi connectivity index (χ2n) is 3.84. The minimum absolute atomic E-state index is 0.0300. The maximum absolute atomic E-state index is 13.6. The van der Waals surface area contributed by atoms with Gasteiger partial charge in [-0.3, -0.25) is 4.79 Å². The average molecular weight is 293 g/mol. The van der Waals surface area contributed by atoms with E-state index < -0.39 is 24.0 Å². The molecule has 0 aliphatic carbocycles. The van der Waals surface area contributed by atoms with Crippen LogP contribution in [-0.4, -0.2) is 24.0 Å². The molecule has 0 aromatic heterocycles. The van der Waals surface area contributed by atoms with Gasteiger partial charge < -0.3 is 4.74 Å². The molecule has 0 saturated carbocycles. The SMILES string of the molecule is CC(C)OC(=O)C(F)C(=O)c1ccc(Cl)c(Cl)c1. The van der Waals surface area contributed by atoms with Crippen molar-refractivity contribution in [3.05, 3.63) is 33.8 Å². The third-order valence-electron chi connectivity index (χ3n) is 1.99. The van der Waals surface area contributed by atoms with Crippen LogP contribution >= 0.6 is 23.2 Å². The lowest BCUT2D eigenvalue weighted by molar-refractivity contribution is -0.151. The number of halogens is 3. The number of carbonyl (C=O) groups excluding carboxylic acids is 2. The van der Waals surface area contributed by atoms with E-state index in [4.69, 9.17) is 23.2 Å². The predicted octanol–water partition coefficient (Wildman–Crippen LogP) is 3.47. The summed E-state index contributed by atoms with van der Waals surface area (Å²) >= 11 is 11.4. The molecule has 0 spiro atoms. The van der Waals surface area contributed by atoms with E-state index in [1.165, 1.54) is 18.2 Å². The number of rotatable bonds is 4. The highest BCUT2D eigenvalue weighted by molar-refractivity contribution is 6.42. The van der Waals surface area contributed by atoms with Crippen LogP contribution in [0.5, 0.6) is 0 Å². The molecule has 18 heavy (non-hydrogen) atoms. The molecule has 1 atom stereocenters. The van der Waals surface area contributed by atoms with Gasteiger partial charge in [0.2, 0.25) is 5.78 Å². The standard InChI is InChI=1S/C12H11Cl2FO3/c1-6(2)18-12(17)10(15)11(16)7-3-4-8(13)9(14)5-7/h3-6,10H,1-2H3. The molecule has 1 aromatic rings. The topological polar surface area (TPSA) is 43.4 Å². The fraction of sp³-hybridized carbons (Fsp3) is 0.333. The van der Waals surface area contributed by atoms with Crippen molar-refractivity contribution in [3.63, 3.8) is 0 Å². The van der Waals surface area contributed by atoms with Crippen molar-refractivity contribution in [2.75, 3.05) is 0 Å². The van der Waals surface area contributed by atoms with Gasteiger partial charge in [0.15, 0.2) is 0 Å². The van der Waals surface area contributed by atoms with Crippen LogP contribution in [0.3, 0.4) is 0 Å². The highest BCUT2D eigenvalue weighted by atomic mass is 35.5. The molecule has 1 aromatic carbocycles. The summed E-state index contributed by atoms with van der Waals surface area (Å²) in [6, 6.07) is 3.87. The zero-order valence-corrected chi connectivity index (χ0v) is 11.3. The van der Waals surface area contributed by atoms with Gasteiger partial charge in [-0.25, -0.2) is 9.18 Å². The van der Waals surface area contributed by atoms with Gasteiger partial charge >= 0.3 is 5.97 Å². The molecule has 0 bridgehead atoms.